The lowest BCUT2D eigenvalue weighted by Gasteiger charge is -2.32. The Labute approximate surface area is 135 Å². The predicted octanol–water partition coefficient (Wildman–Crippen LogP) is 2.35. The number of nitrogens with one attached hydrogen (secondary N) is 1. The molecule has 0 spiro atoms. The molecule has 1 aliphatic heterocycles. The molecule has 0 radical (unpaired) electrons. The van der Waals surface area contributed by atoms with Crippen molar-refractivity contribution in [1.29, 1.82) is 0 Å². The van der Waals surface area contributed by atoms with Crippen LogP contribution in [0.3, 0.4) is 0 Å². The van der Waals surface area contributed by atoms with Gasteiger partial charge in [0.1, 0.15) is 12.4 Å². The lowest BCUT2D eigenvalue weighted by atomic mass is 10.1. The minimum atomic E-state index is -0.00551. The van der Waals surface area contributed by atoms with Crippen molar-refractivity contribution in [1.82, 2.24) is 24.6 Å². The number of ether oxygens (including phenoxy) is 1. The molecule has 6 nitrogen and oxygen atoms in total. The number of H-pyrrole nitrogens is 1. The van der Waals surface area contributed by atoms with Crippen LogP contribution in [0.5, 0.6) is 0 Å². The lowest BCUT2D eigenvalue weighted by Crippen LogP contribution is -2.38. The summed E-state index contributed by atoms with van der Waals surface area (Å²) in [5, 5.41) is 9.53. The second-order valence-electron chi connectivity index (χ2n) is 5.93. The zero-order valence-corrected chi connectivity index (χ0v) is 13.3. The van der Waals surface area contributed by atoms with Crippen molar-refractivity contribution < 1.29 is 4.74 Å². The zero-order valence-electron chi connectivity index (χ0n) is 13.3. The van der Waals surface area contributed by atoms with Crippen molar-refractivity contribution in [3.05, 3.63) is 48.2 Å². The Morgan fingerprint density at radius 1 is 1.35 bits per heavy atom. The van der Waals surface area contributed by atoms with Gasteiger partial charge in [-0.1, -0.05) is 18.2 Å². The summed E-state index contributed by atoms with van der Waals surface area (Å²) in [6.07, 6.45) is 3.77. The highest BCUT2D eigenvalue weighted by molar-refractivity contribution is 5.82. The second-order valence-corrected chi connectivity index (χ2v) is 5.93. The van der Waals surface area contributed by atoms with E-state index in [1.165, 1.54) is 16.5 Å². The van der Waals surface area contributed by atoms with Gasteiger partial charge < -0.3 is 14.3 Å². The molecule has 0 aliphatic carbocycles. The van der Waals surface area contributed by atoms with Crippen LogP contribution in [-0.4, -0.2) is 44.3 Å². The number of para-hydroxylation sites is 1. The highest BCUT2D eigenvalue weighted by Crippen LogP contribution is 2.24. The molecule has 1 saturated heterocycles. The highest BCUT2D eigenvalue weighted by atomic mass is 16.5. The van der Waals surface area contributed by atoms with E-state index in [1.807, 2.05) is 6.20 Å². The molecule has 1 aliphatic rings. The molecule has 3 aromatic rings. The molecule has 1 fully saturated rings. The minimum absolute atomic E-state index is 0.00551. The normalized spacial score (nSPS) is 19.4. The van der Waals surface area contributed by atoms with Crippen molar-refractivity contribution >= 4 is 10.9 Å². The van der Waals surface area contributed by atoms with Crippen LogP contribution in [0.15, 0.2) is 36.8 Å². The summed E-state index contributed by atoms with van der Waals surface area (Å²) in [5.74, 6) is 0.926. The van der Waals surface area contributed by atoms with Gasteiger partial charge in [-0.25, -0.2) is 0 Å². The average molecular weight is 311 g/mol. The number of fused-ring (bicyclic) bond motifs is 1. The van der Waals surface area contributed by atoms with E-state index in [9.17, 15) is 0 Å². The summed E-state index contributed by atoms with van der Waals surface area (Å²) >= 11 is 0. The van der Waals surface area contributed by atoms with Crippen LogP contribution in [0.1, 0.15) is 24.4 Å². The van der Waals surface area contributed by atoms with Crippen LogP contribution in [0.2, 0.25) is 0 Å². The topological polar surface area (TPSA) is 59.0 Å². The number of aryl methyl sites for hydroxylation is 1. The van der Waals surface area contributed by atoms with Crippen molar-refractivity contribution in [2.24, 2.45) is 0 Å². The quantitative estimate of drug-likeness (QED) is 0.803. The fourth-order valence-electron chi connectivity index (χ4n) is 3.28. The molecule has 0 unspecified atom stereocenters. The number of benzene rings is 1. The number of hydrogen-bond acceptors (Lipinski definition) is 4. The Morgan fingerprint density at radius 3 is 3.22 bits per heavy atom. The van der Waals surface area contributed by atoms with Crippen LogP contribution in [0.4, 0.5) is 0 Å². The van der Waals surface area contributed by atoms with Crippen LogP contribution in [0, 0.1) is 0 Å². The minimum Gasteiger partial charge on any atom is -0.368 e. The SMILES string of the molecule is CCn1cnnc1[C@@H]1CN(Cc2cccc3cc[nH]c23)CCO1. The molecule has 23 heavy (non-hydrogen) atoms. The Bertz CT molecular complexity index is 793. The summed E-state index contributed by atoms with van der Waals surface area (Å²) in [6.45, 7) is 6.38. The maximum absolute atomic E-state index is 5.93. The highest BCUT2D eigenvalue weighted by Gasteiger charge is 2.26. The van der Waals surface area contributed by atoms with Crippen molar-refractivity contribution in [2.75, 3.05) is 19.7 Å². The van der Waals surface area contributed by atoms with E-state index < -0.39 is 0 Å². The Balaban J connectivity index is 1.53. The second kappa shape index (κ2) is 6.14. The third kappa shape index (κ3) is 2.75. The van der Waals surface area contributed by atoms with Gasteiger partial charge in [0.15, 0.2) is 5.82 Å². The van der Waals surface area contributed by atoms with E-state index >= 15 is 0 Å². The number of morpholine rings is 1. The van der Waals surface area contributed by atoms with Crippen LogP contribution < -0.4 is 0 Å². The molecule has 3 heterocycles. The Hall–Kier alpha value is -2.18. The monoisotopic (exact) mass is 311 g/mol. The first-order chi connectivity index (χ1) is 11.3. The molecule has 0 bridgehead atoms. The molecule has 2 aromatic heterocycles. The Kier molecular flexibility index (Phi) is 3.85. The maximum atomic E-state index is 5.93. The molecular weight excluding hydrogens is 290 g/mol. The third-order valence-corrected chi connectivity index (χ3v) is 4.49. The predicted molar refractivity (Wildman–Crippen MR) is 88.0 cm³/mol. The molecule has 120 valence electrons. The molecule has 0 saturated carbocycles. The zero-order chi connectivity index (χ0) is 15.6. The summed E-state index contributed by atoms with van der Waals surface area (Å²) in [4.78, 5) is 5.78. The number of hydrogen-bond donors (Lipinski definition) is 1. The van der Waals surface area contributed by atoms with Crippen molar-refractivity contribution in [3.8, 4) is 0 Å². The van der Waals surface area contributed by atoms with E-state index in [0.29, 0.717) is 0 Å². The Morgan fingerprint density at radius 2 is 2.30 bits per heavy atom. The lowest BCUT2D eigenvalue weighted by molar-refractivity contribution is -0.0387. The molecule has 1 N–H and O–H groups in total. The van der Waals surface area contributed by atoms with Crippen LogP contribution >= 0.6 is 0 Å². The summed E-state index contributed by atoms with van der Waals surface area (Å²) < 4.78 is 7.99. The van der Waals surface area contributed by atoms with E-state index in [2.05, 4.69) is 55.8 Å². The number of aromatic amines is 1. The van der Waals surface area contributed by atoms with Gasteiger partial charge >= 0.3 is 0 Å². The third-order valence-electron chi connectivity index (χ3n) is 4.49. The molecule has 4 rings (SSSR count). The van der Waals surface area contributed by atoms with Crippen LogP contribution in [-0.2, 0) is 17.8 Å². The average Bonchev–Trinajstić information content (AvgIpc) is 3.24. The number of rotatable bonds is 4. The van der Waals surface area contributed by atoms with Gasteiger partial charge in [-0.05, 0) is 23.9 Å². The molecular formula is C17H21N5O. The van der Waals surface area contributed by atoms with E-state index in [4.69, 9.17) is 4.74 Å². The van der Waals surface area contributed by atoms with Crippen LogP contribution in [0.25, 0.3) is 10.9 Å². The van der Waals surface area contributed by atoms with Gasteiger partial charge in [-0.2, -0.15) is 0 Å². The summed E-state index contributed by atoms with van der Waals surface area (Å²) in [7, 11) is 0. The summed E-state index contributed by atoms with van der Waals surface area (Å²) in [5.41, 5.74) is 2.55. The largest absolute Gasteiger partial charge is 0.368 e. The van der Waals surface area contributed by atoms with E-state index in [0.717, 1.165) is 38.6 Å². The van der Waals surface area contributed by atoms with Gasteiger partial charge in [0.25, 0.3) is 0 Å². The number of aromatic nitrogens is 4. The summed E-state index contributed by atoms with van der Waals surface area (Å²) in [6, 6.07) is 8.57. The standard InChI is InChI=1S/C17H21N5O/c1-2-22-12-19-20-17(22)15-11-21(8-9-23-15)10-14-5-3-4-13-6-7-18-16(13)14/h3-7,12,15,18H,2,8-11H2,1H3/t15-/m0/s1. The first-order valence-electron chi connectivity index (χ1n) is 8.12. The smallest absolute Gasteiger partial charge is 0.163 e. The van der Waals surface area contributed by atoms with Crippen molar-refractivity contribution in [3.63, 3.8) is 0 Å². The van der Waals surface area contributed by atoms with Gasteiger partial charge in [-0.15, -0.1) is 10.2 Å². The van der Waals surface area contributed by atoms with Gasteiger partial charge in [-0.3, -0.25) is 4.90 Å². The van der Waals surface area contributed by atoms with E-state index in [-0.39, 0.29) is 6.10 Å². The van der Waals surface area contributed by atoms with Gasteiger partial charge in [0.2, 0.25) is 0 Å². The van der Waals surface area contributed by atoms with E-state index in [1.54, 1.807) is 6.33 Å². The molecule has 6 heteroatoms. The maximum Gasteiger partial charge on any atom is 0.163 e. The first-order valence-corrected chi connectivity index (χ1v) is 8.12. The van der Waals surface area contributed by atoms with Crippen molar-refractivity contribution in [2.45, 2.75) is 26.1 Å². The fourth-order valence-corrected chi connectivity index (χ4v) is 3.28. The number of nitrogens with zero attached hydrogens (tertiary/aromatic N) is 4. The molecule has 1 atom stereocenters. The van der Waals surface area contributed by atoms with Gasteiger partial charge in [0, 0.05) is 37.9 Å². The van der Waals surface area contributed by atoms with Gasteiger partial charge in [0.05, 0.1) is 6.61 Å². The molecule has 1 aromatic carbocycles. The molecule has 0 amide bonds. The fraction of sp³-hybridized carbons (Fsp3) is 0.412. The first kappa shape index (κ1) is 14.4.